The molecule has 174 valence electrons. The molecule has 0 saturated carbocycles. The molecule has 1 atom stereocenters. The van der Waals surface area contributed by atoms with Gasteiger partial charge in [0, 0.05) is 11.6 Å². The zero-order valence-corrected chi connectivity index (χ0v) is 19.0. The maximum Gasteiger partial charge on any atom is 0.247 e. The van der Waals surface area contributed by atoms with E-state index in [4.69, 9.17) is 9.47 Å². The molecule has 0 aliphatic rings. The fraction of sp³-hybridized carbons (Fsp3) is 0.192. The van der Waals surface area contributed by atoms with E-state index < -0.39 is 17.6 Å². The molecule has 0 unspecified atom stereocenters. The monoisotopic (exact) mass is 461 g/mol. The van der Waals surface area contributed by atoms with E-state index in [0.29, 0.717) is 34.6 Å². The summed E-state index contributed by atoms with van der Waals surface area (Å²) in [5, 5.41) is 2.89. The van der Waals surface area contributed by atoms with Crippen molar-refractivity contribution in [2.75, 3.05) is 19.5 Å². The van der Waals surface area contributed by atoms with E-state index in [2.05, 4.69) is 10.3 Å². The van der Waals surface area contributed by atoms with Gasteiger partial charge in [-0.3, -0.25) is 9.59 Å². The van der Waals surface area contributed by atoms with E-state index in [1.54, 1.807) is 41.0 Å². The Balaban J connectivity index is 1.79. The molecule has 0 saturated heterocycles. The second kappa shape index (κ2) is 9.74. The highest BCUT2D eigenvalue weighted by atomic mass is 19.1. The molecule has 0 aliphatic heterocycles. The van der Waals surface area contributed by atoms with Crippen molar-refractivity contribution in [3.05, 3.63) is 83.9 Å². The van der Waals surface area contributed by atoms with Crippen molar-refractivity contribution in [3.63, 3.8) is 0 Å². The van der Waals surface area contributed by atoms with Crippen molar-refractivity contribution in [2.45, 2.75) is 19.4 Å². The number of ether oxygens (including phenoxy) is 2. The first kappa shape index (κ1) is 23.0. The van der Waals surface area contributed by atoms with Gasteiger partial charge in [-0.1, -0.05) is 31.2 Å². The molecule has 3 aromatic carbocycles. The predicted octanol–water partition coefficient (Wildman–Crippen LogP) is 5.01. The summed E-state index contributed by atoms with van der Waals surface area (Å²) in [4.78, 5) is 31.4. The van der Waals surface area contributed by atoms with Crippen LogP contribution < -0.4 is 14.8 Å². The fourth-order valence-corrected chi connectivity index (χ4v) is 3.89. The molecule has 0 fully saturated rings. The molecule has 0 radical (unpaired) electrons. The van der Waals surface area contributed by atoms with E-state index in [0.717, 1.165) is 6.07 Å². The van der Waals surface area contributed by atoms with Gasteiger partial charge in [-0.25, -0.2) is 9.37 Å². The summed E-state index contributed by atoms with van der Waals surface area (Å²) in [6.45, 7) is 1.85. The lowest BCUT2D eigenvalue weighted by Crippen LogP contribution is -2.28. The number of rotatable bonds is 8. The molecule has 7 nitrogen and oxygen atoms in total. The Labute approximate surface area is 196 Å². The second-order valence-electron chi connectivity index (χ2n) is 7.61. The van der Waals surface area contributed by atoms with Gasteiger partial charge in [-0.15, -0.1) is 0 Å². The molecule has 4 rings (SSSR count). The average Bonchev–Trinajstić information content (AvgIpc) is 3.23. The third-order valence-electron chi connectivity index (χ3n) is 5.55. The number of hydrogen-bond donors (Lipinski definition) is 1. The number of imidazole rings is 1. The summed E-state index contributed by atoms with van der Waals surface area (Å²) in [6, 6.07) is 16.9. The van der Waals surface area contributed by atoms with Crippen molar-refractivity contribution in [1.29, 1.82) is 0 Å². The topological polar surface area (TPSA) is 82.5 Å². The summed E-state index contributed by atoms with van der Waals surface area (Å²) in [7, 11) is 3.04. The summed E-state index contributed by atoms with van der Waals surface area (Å²) < 4.78 is 26.1. The first-order valence-electron chi connectivity index (χ1n) is 10.8. The van der Waals surface area contributed by atoms with Gasteiger partial charge in [-0.2, -0.15) is 0 Å². The number of nitrogens with zero attached hydrogens (tertiary/aromatic N) is 2. The average molecular weight is 461 g/mol. The van der Waals surface area contributed by atoms with Gasteiger partial charge in [-0.05, 0) is 42.8 Å². The van der Waals surface area contributed by atoms with Crippen LogP contribution in [0.4, 0.5) is 10.1 Å². The first-order chi connectivity index (χ1) is 16.5. The maximum atomic E-state index is 13.8. The minimum absolute atomic E-state index is 0.0615. The number of carbonyl (C=O) groups excluding carboxylic acids is 2. The van der Waals surface area contributed by atoms with Crippen LogP contribution >= 0.6 is 0 Å². The third kappa shape index (κ3) is 4.34. The zero-order chi connectivity index (χ0) is 24.2. The Morgan fingerprint density at radius 2 is 1.82 bits per heavy atom. The number of methoxy groups -OCH3 is 2. The lowest BCUT2D eigenvalue weighted by molar-refractivity contribution is -0.119. The fourth-order valence-electron chi connectivity index (χ4n) is 3.89. The molecule has 1 amide bonds. The highest BCUT2D eigenvalue weighted by Crippen LogP contribution is 2.31. The number of anilines is 1. The van der Waals surface area contributed by atoms with Crippen molar-refractivity contribution in [3.8, 4) is 11.5 Å². The van der Waals surface area contributed by atoms with Gasteiger partial charge >= 0.3 is 0 Å². The van der Waals surface area contributed by atoms with E-state index in [1.165, 1.54) is 32.4 Å². The van der Waals surface area contributed by atoms with Crippen LogP contribution in [0, 0.1) is 5.82 Å². The summed E-state index contributed by atoms with van der Waals surface area (Å²) >= 11 is 0. The number of benzene rings is 3. The van der Waals surface area contributed by atoms with Gasteiger partial charge in [0.1, 0.15) is 23.4 Å². The van der Waals surface area contributed by atoms with E-state index >= 15 is 0 Å². The molecule has 0 bridgehead atoms. The Morgan fingerprint density at radius 1 is 1.03 bits per heavy atom. The summed E-state index contributed by atoms with van der Waals surface area (Å²) in [5.41, 5.74) is 1.78. The normalized spacial score (nSPS) is 11.8. The van der Waals surface area contributed by atoms with Crippen LogP contribution in [0.3, 0.4) is 0 Å². The minimum Gasteiger partial charge on any atom is -0.497 e. The number of carbonyl (C=O) groups is 2. The number of ketones is 1. The van der Waals surface area contributed by atoms with Crippen molar-refractivity contribution < 1.29 is 23.5 Å². The highest BCUT2D eigenvalue weighted by Gasteiger charge is 2.28. The smallest absolute Gasteiger partial charge is 0.247 e. The van der Waals surface area contributed by atoms with Crippen molar-refractivity contribution in [1.82, 2.24) is 9.55 Å². The van der Waals surface area contributed by atoms with Crippen LogP contribution in [0.25, 0.3) is 11.0 Å². The number of halogens is 1. The van der Waals surface area contributed by atoms with Gasteiger partial charge in [0.05, 0.1) is 30.9 Å². The molecule has 1 heterocycles. The second-order valence-corrected chi connectivity index (χ2v) is 7.61. The largest absolute Gasteiger partial charge is 0.497 e. The molecule has 1 N–H and O–H groups in total. The van der Waals surface area contributed by atoms with Crippen LogP contribution in [-0.2, 0) is 4.79 Å². The van der Waals surface area contributed by atoms with Gasteiger partial charge in [0.25, 0.3) is 0 Å². The number of nitrogens with one attached hydrogen (secondary N) is 1. The number of fused-ring (bicyclic) bond motifs is 1. The number of amides is 1. The Morgan fingerprint density at radius 3 is 2.53 bits per heavy atom. The molecule has 34 heavy (non-hydrogen) atoms. The quantitative estimate of drug-likeness (QED) is 0.373. The molecule has 0 spiro atoms. The Hall–Kier alpha value is -4.20. The number of para-hydroxylation sites is 2. The van der Waals surface area contributed by atoms with E-state index in [9.17, 15) is 14.0 Å². The third-order valence-corrected chi connectivity index (χ3v) is 5.55. The minimum atomic E-state index is -0.768. The summed E-state index contributed by atoms with van der Waals surface area (Å²) in [5.74, 6) is -0.268. The molecular weight excluding hydrogens is 437 g/mol. The molecule has 1 aromatic heterocycles. The standard InChI is InChI=1S/C26H24FN3O4/c1-4-21(26(32)29-20-15-18(33-2)12-13-23(20)34-3)30-22-11-6-5-10-19(22)28-25(30)24(31)16-8-7-9-17(27)14-16/h5-15,21H,4H2,1-3H3,(H,29,32)/t21-/m1/s1. The molecular formula is C26H24FN3O4. The van der Waals surface area contributed by atoms with Crippen molar-refractivity contribution in [2.24, 2.45) is 0 Å². The van der Waals surface area contributed by atoms with Crippen LogP contribution in [0.2, 0.25) is 0 Å². The molecule has 4 aromatic rings. The van der Waals surface area contributed by atoms with Crippen LogP contribution in [0.15, 0.2) is 66.7 Å². The van der Waals surface area contributed by atoms with Gasteiger partial charge < -0.3 is 19.4 Å². The van der Waals surface area contributed by atoms with E-state index in [1.807, 2.05) is 13.0 Å². The lowest BCUT2D eigenvalue weighted by Gasteiger charge is -2.21. The number of aromatic nitrogens is 2. The maximum absolute atomic E-state index is 13.8. The molecule has 8 heteroatoms. The predicted molar refractivity (Wildman–Crippen MR) is 127 cm³/mol. The Kier molecular flexibility index (Phi) is 6.58. The summed E-state index contributed by atoms with van der Waals surface area (Å²) in [6.07, 6.45) is 0.377. The van der Waals surface area contributed by atoms with Gasteiger partial charge in [0.2, 0.25) is 11.7 Å². The van der Waals surface area contributed by atoms with E-state index in [-0.39, 0.29) is 17.3 Å². The highest BCUT2D eigenvalue weighted by molar-refractivity contribution is 6.09. The van der Waals surface area contributed by atoms with Crippen LogP contribution in [0.5, 0.6) is 11.5 Å². The molecule has 0 aliphatic carbocycles. The first-order valence-corrected chi connectivity index (χ1v) is 10.8. The van der Waals surface area contributed by atoms with Gasteiger partial charge in [0.15, 0.2) is 5.82 Å². The van der Waals surface area contributed by atoms with Crippen LogP contribution in [-0.4, -0.2) is 35.5 Å². The lowest BCUT2D eigenvalue weighted by atomic mass is 10.1. The SMILES string of the molecule is CC[C@H](C(=O)Nc1cc(OC)ccc1OC)n1c(C(=O)c2cccc(F)c2)nc2ccccc21. The Bertz CT molecular complexity index is 1370. The zero-order valence-electron chi connectivity index (χ0n) is 19.0. The number of hydrogen-bond acceptors (Lipinski definition) is 5. The van der Waals surface area contributed by atoms with Crippen LogP contribution in [0.1, 0.15) is 35.6 Å². The van der Waals surface area contributed by atoms with Crippen molar-refractivity contribution >= 4 is 28.4 Å².